The molecule has 0 aliphatic rings. The van der Waals surface area contributed by atoms with Crippen molar-refractivity contribution in [3.8, 4) is 0 Å². The number of halogens is 2. The predicted octanol–water partition coefficient (Wildman–Crippen LogP) is 2.20. The SMILES string of the molecule is C=C(C)COCCNC(=O)c1cc(F)c(F)cc1[N+](=O)[O-]. The summed E-state index contributed by atoms with van der Waals surface area (Å²) < 4.78 is 31.2. The minimum absolute atomic E-state index is 0.0717. The quantitative estimate of drug-likeness (QED) is 0.362. The fraction of sp³-hybridized carbons (Fsp3) is 0.308. The number of rotatable bonds is 7. The van der Waals surface area contributed by atoms with Gasteiger partial charge in [0.15, 0.2) is 11.6 Å². The summed E-state index contributed by atoms with van der Waals surface area (Å²) >= 11 is 0. The van der Waals surface area contributed by atoms with Crippen LogP contribution in [0.3, 0.4) is 0 Å². The molecule has 21 heavy (non-hydrogen) atoms. The van der Waals surface area contributed by atoms with Gasteiger partial charge in [-0.3, -0.25) is 14.9 Å². The Balaban J connectivity index is 2.71. The van der Waals surface area contributed by atoms with Crippen LogP contribution in [0, 0.1) is 21.7 Å². The van der Waals surface area contributed by atoms with Gasteiger partial charge in [0.2, 0.25) is 0 Å². The highest BCUT2D eigenvalue weighted by atomic mass is 19.2. The molecule has 0 saturated carbocycles. The van der Waals surface area contributed by atoms with Gasteiger partial charge < -0.3 is 10.1 Å². The molecular weight excluding hydrogens is 286 g/mol. The maximum atomic E-state index is 13.1. The summed E-state index contributed by atoms with van der Waals surface area (Å²) in [4.78, 5) is 21.5. The molecule has 0 unspecified atom stereocenters. The number of amides is 1. The molecule has 1 N–H and O–H groups in total. The number of carbonyl (C=O) groups is 1. The summed E-state index contributed by atoms with van der Waals surface area (Å²) in [7, 11) is 0. The predicted molar refractivity (Wildman–Crippen MR) is 71.0 cm³/mol. The Labute approximate surface area is 119 Å². The third-order valence-electron chi connectivity index (χ3n) is 2.36. The zero-order valence-corrected chi connectivity index (χ0v) is 11.3. The number of nitrogens with one attached hydrogen (secondary N) is 1. The van der Waals surface area contributed by atoms with Crippen LogP contribution < -0.4 is 5.32 Å². The fourth-order valence-corrected chi connectivity index (χ4v) is 1.45. The monoisotopic (exact) mass is 300 g/mol. The average Bonchev–Trinajstić information content (AvgIpc) is 2.40. The van der Waals surface area contributed by atoms with Crippen LogP contribution in [0.2, 0.25) is 0 Å². The summed E-state index contributed by atoms with van der Waals surface area (Å²) in [5.74, 6) is -3.59. The van der Waals surface area contributed by atoms with Gasteiger partial charge in [-0.05, 0) is 13.0 Å². The first-order valence-corrected chi connectivity index (χ1v) is 5.96. The number of nitro groups is 1. The Kier molecular flexibility index (Phi) is 5.92. The minimum Gasteiger partial charge on any atom is -0.375 e. The Hall–Kier alpha value is -2.35. The molecular formula is C13H14F2N2O4. The van der Waals surface area contributed by atoms with E-state index in [2.05, 4.69) is 11.9 Å². The van der Waals surface area contributed by atoms with Crippen molar-refractivity contribution in [2.75, 3.05) is 19.8 Å². The van der Waals surface area contributed by atoms with Crippen LogP contribution in [0.25, 0.3) is 0 Å². The van der Waals surface area contributed by atoms with Crippen molar-refractivity contribution in [2.45, 2.75) is 6.92 Å². The fourth-order valence-electron chi connectivity index (χ4n) is 1.45. The largest absolute Gasteiger partial charge is 0.375 e. The van der Waals surface area contributed by atoms with Crippen LogP contribution >= 0.6 is 0 Å². The van der Waals surface area contributed by atoms with Crippen LogP contribution in [-0.2, 0) is 4.74 Å². The molecule has 0 fully saturated rings. The molecule has 0 saturated heterocycles. The lowest BCUT2D eigenvalue weighted by molar-refractivity contribution is -0.385. The van der Waals surface area contributed by atoms with Crippen molar-refractivity contribution in [1.82, 2.24) is 5.32 Å². The molecule has 114 valence electrons. The lowest BCUT2D eigenvalue weighted by Crippen LogP contribution is -2.28. The third-order valence-corrected chi connectivity index (χ3v) is 2.36. The second kappa shape index (κ2) is 7.44. The number of hydrogen-bond donors (Lipinski definition) is 1. The summed E-state index contributed by atoms with van der Waals surface area (Å²) in [6, 6.07) is 0.874. The Morgan fingerprint density at radius 1 is 1.43 bits per heavy atom. The van der Waals surface area contributed by atoms with E-state index in [9.17, 15) is 23.7 Å². The van der Waals surface area contributed by atoms with E-state index in [1.165, 1.54) is 0 Å². The molecule has 0 aliphatic heterocycles. The van der Waals surface area contributed by atoms with Gasteiger partial charge in [0.25, 0.3) is 11.6 Å². The molecule has 8 heteroatoms. The van der Waals surface area contributed by atoms with Crippen molar-refractivity contribution in [3.63, 3.8) is 0 Å². The summed E-state index contributed by atoms with van der Waals surface area (Å²) in [5.41, 5.74) is -0.536. The summed E-state index contributed by atoms with van der Waals surface area (Å²) in [6.45, 7) is 5.94. The van der Waals surface area contributed by atoms with Gasteiger partial charge in [-0.2, -0.15) is 0 Å². The van der Waals surface area contributed by atoms with Crippen LogP contribution in [-0.4, -0.2) is 30.6 Å². The zero-order valence-electron chi connectivity index (χ0n) is 11.3. The van der Waals surface area contributed by atoms with Gasteiger partial charge in [-0.25, -0.2) is 8.78 Å². The van der Waals surface area contributed by atoms with Gasteiger partial charge in [-0.15, -0.1) is 0 Å². The molecule has 0 bridgehead atoms. The molecule has 0 spiro atoms. The molecule has 6 nitrogen and oxygen atoms in total. The number of carbonyl (C=O) groups excluding carboxylic acids is 1. The number of benzene rings is 1. The highest BCUT2D eigenvalue weighted by Gasteiger charge is 2.23. The molecule has 0 atom stereocenters. The molecule has 0 aromatic heterocycles. The summed E-state index contributed by atoms with van der Waals surface area (Å²) in [5, 5.41) is 13.1. The van der Waals surface area contributed by atoms with E-state index in [0.717, 1.165) is 5.57 Å². The van der Waals surface area contributed by atoms with Crippen molar-refractivity contribution in [1.29, 1.82) is 0 Å². The molecule has 0 heterocycles. The second-order valence-corrected chi connectivity index (χ2v) is 4.31. The second-order valence-electron chi connectivity index (χ2n) is 4.31. The van der Waals surface area contributed by atoms with Crippen molar-refractivity contribution in [3.05, 3.63) is 51.6 Å². The maximum absolute atomic E-state index is 13.1. The van der Waals surface area contributed by atoms with Gasteiger partial charge in [0.1, 0.15) is 5.56 Å². The standard InChI is InChI=1S/C13H14F2N2O4/c1-8(2)7-21-4-3-16-13(18)9-5-10(14)11(15)6-12(9)17(19)20/h5-6H,1,3-4,7H2,2H3,(H,16,18). The Morgan fingerprint density at radius 3 is 2.62 bits per heavy atom. The van der Waals surface area contributed by atoms with E-state index in [4.69, 9.17) is 4.74 Å². The smallest absolute Gasteiger partial charge is 0.285 e. The number of hydrogen-bond acceptors (Lipinski definition) is 4. The number of nitro benzene ring substituents is 1. The third kappa shape index (κ3) is 4.92. The number of ether oxygens (including phenoxy) is 1. The van der Waals surface area contributed by atoms with Crippen LogP contribution in [0.4, 0.5) is 14.5 Å². The van der Waals surface area contributed by atoms with Gasteiger partial charge in [-0.1, -0.05) is 12.2 Å². The molecule has 1 rings (SSSR count). The van der Waals surface area contributed by atoms with Crippen LogP contribution in [0.1, 0.15) is 17.3 Å². The van der Waals surface area contributed by atoms with E-state index in [0.29, 0.717) is 18.7 Å². The first-order valence-electron chi connectivity index (χ1n) is 5.96. The Morgan fingerprint density at radius 2 is 2.05 bits per heavy atom. The summed E-state index contributed by atoms with van der Waals surface area (Å²) in [6.07, 6.45) is 0. The van der Waals surface area contributed by atoms with Crippen molar-refractivity contribution in [2.24, 2.45) is 0 Å². The molecule has 0 radical (unpaired) electrons. The molecule has 1 aromatic rings. The first-order chi connectivity index (χ1) is 9.82. The normalized spacial score (nSPS) is 10.2. The lowest BCUT2D eigenvalue weighted by Gasteiger charge is -2.07. The highest BCUT2D eigenvalue weighted by Crippen LogP contribution is 2.22. The van der Waals surface area contributed by atoms with E-state index >= 15 is 0 Å². The Bertz CT molecular complexity index is 576. The first kappa shape index (κ1) is 16.7. The average molecular weight is 300 g/mol. The lowest BCUT2D eigenvalue weighted by atomic mass is 10.1. The highest BCUT2D eigenvalue weighted by molar-refractivity contribution is 5.98. The minimum atomic E-state index is -1.39. The van der Waals surface area contributed by atoms with Gasteiger partial charge in [0.05, 0.1) is 24.2 Å². The van der Waals surface area contributed by atoms with Crippen molar-refractivity contribution < 1.29 is 23.2 Å². The van der Waals surface area contributed by atoms with Crippen molar-refractivity contribution >= 4 is 11.6 Å². The maximum Gasteiger partial charge on any atom is 0.285 e. The van der Waals surface area contributed by atoms with Crippen LogP contribution in [0.5, 0.6) is 0 Å². The van der Waals surface area contributed by atoms with E-state index < -0.39 is 33.7 Å². The van der Waals surface area contributed by atoms with E-state index in [1.807, 2.05) is 0 Å². The van der Waals surface area contributed by atoms with E-state index in [-0.39, 0.29) is 13.2 Å². The van der Waals surface area contributed by atoms with Gasteiger partial charge in [0, 0.05) is 6.54 Å². The molecule has 1 amide bonds. The zero-order chi connectivity index (χ0) is 16.0. The van der Waals surface area contributed by atoms with E-state index in [1.54, 1.807) is 6.92 Å². The van der Waals surface area contributed by atoms with Gasteiger partial charge >= 0.3 is 0 Å². The molecule has 1 aromatic carbocycles. The molecule has 0 aliphatic carbocycles. The number of nitrogens with zero attached hydrogens (tertiary/aromatic N) is 1. The topological polar surface area (TPSA) is 81.5 Å². The van der Waals surface area contributed by atoms with Crippen LogP contribution in [0.15, 0.2) is 24.3 Å².